The SMILES string of the molecule is CC(CCO)SC(C)C(S)CO. The number of hydrogen-bond acceptors (Lipinski definition) is 4. The second kappa shape index (κ2) is 7.06. The second-order valence-electron chi connectivity index (χ2n) is 2.91. The molecule has 0 fully saturated rings. The molecule has 4 heteroatoms. The maximum absolute atomic E-state index is 8.81. The zero-order chi connectivity index (χ0) is 9.56. The lowest BCUT2D eigenvalue weighted by Gasteiger charge is -2.20. The van der Waals surface area contributed by atoms with Crippen LogP contribution in [-0.2, 0) is 0 Å². The molecule has 0 spiro atoms. The Morgan fingerprint density at radius 1 is 1.33 bits per heavy atom. The van der Waals surface area contributed by atoms with E-state index in [-0.39, 0.29) is 18.5 Å². The molecule has 0 amide bonds. The molecule has 0 saturated heterocycles. The van der Waals surface area contributed by atoms with Crippen molar-refractivity contribution in [2.45, 2.75) is 36.0 Å². The first-order chi connectivity index (χ1) is 5.61. The van der Waals surface area contributed by atoms with Crippen LogP contribution in [0.3, 0.4) is 0 Å². The van der Waals surface area contributed by atoms with Gasteiger partial charge in [0.2, 0.25) is 0 Å². The molecular formula is C8H18O2S2. The van der Waals surface area contributed by atoms with E-state index in [1.165, 1.54) is 0 Å². The van der Waals surface area contributed by atoms with Gasteiger partial charge in [0, 0.05) is 22.4 Å². The van der Waals surface area contributed by atoms with E-state index in [0.717, 1.165) is 6.42 Å². The van der Waals surface area contributed by atoms with Crippen LogP contribution in [0.5, 0.6) is 0 Å². The smallest absolute Gasteiger partial charge is 0.0558 e. The Labute approximate surface area is 84.2 Å². The Morgan fingerprint density at radius 3 is 2.33 bits per heavy atom. The molecule has 2 nitrogen and oxygen atoms in total. The molecule has 12 heavy (non-hydrogen) atoms. The van der Waals surface area contributed by atoms with Crippen molar-refractivity contribution in [3.8, 4) is 0 Å². The third-order valence-corrected chi connectivity index (χ3v) is 3.98. The van der Waals surface area contributed by atoms with E-state index in [0.29, 0.717) is 10.5 Å². The van der Waals surface area contributed by atoms with E-state index in [1.54, 1.807) is 11.8 Å². The molecule has 0 aromatic heterocycles. The van der Waals surface area contributed by atoms with Crippen molar-refractivity contribution >= 4 is 24.4 Å². The van der Waals surface area contributed by atoms with Gasteiger partial charge in [0.15, 0.2) is 0 Å². The van der Waals surface area contributed by atoms with Crippen molar-refractivity contribution in [1.82, 2.24) is 0 Å². The number of thiol groups is 1. The molecular weight excluding hydrogens is 192 g/mol. The lowest BCUT2D eigenvalue weighted by molar-refractivity contribution is 0.288. The van der Waals surface area contributed by atoms with E-state index in [1.807, 2.05) is 6.92 Å². The highest BCUT2D eigenvalue weighted by molar-refractivity contribution is 8.01. The molecule has 74 valence electrons. The lowest BCUT2D eigenvalue weighted by Crippen LogP contribution is -2.20. The average Bonchev–Trinajstić information content (AvgIpc) is 2.03. The minimum absolute atomic E-state index is 0.0381. The molecule has 0 aliphatic carbocycles. The standard InChI is InChI=1S/C8H18O2S2/c1-6(3-4-9)12-7(2)8(11)5-10/h6-11H,3-5H2,1-2H3. The summed E-state index contributed by atoms with van der Waals surface area (Å²) in [7, 11) is 0. The fourth-order valence-corrected chi connectivity index (χ4v) is 2.31. The predicted octanol–water partition coefficient (Wildman–Crippen LogP) is 1.17. The minimum Gasteiger partial charge on any atom is -0.396 e. The van der Waals surface area contributed by atoms with E-state index >= 15 is 0 Å². The molecule has 3 unspecified atom stereocenters. The van der Waals surface area contributed by atoms with Crippen molar-refractivity contribution in [3.63, 3.8) is 0 Å². The number of rotatable bonds is 6. The summed E-state index contributed by atoms with van der Waals surface area (Å²) in [6.45, 7) is 4.47. The van der Waals surface area contributed by atoms with Crippen LogP contribution in [-0.4, -0.2) is 39.2 Å². The van der Waals surface area contributed by atoms with Gasteiger partial charge >= 0.3 is 0 Å². The summed E-state index contributed by atoms with van der Waals surface area (Å²) in [4.78, 5) is 0. The molecule has 2 N–H and O–H groups in total. The van der Waals surface area contributed by atoms with Crippen LogP contribution in [0.2, 0.25) is 0 Å². The van der Waals surface area contributed by atoms with E-state index in [9.17, 15) is 0 Å². The molecule has 0 bridgehead atoms. The van der Waals surface area contributed by atoms with Crippen LogP contribution >= 0.6 is 24.4 Å². The number of aliphatic hydroxyl groups excluding tert-OH is 2. The summed E-state index contributed by atoms with van der Waals surface area (Å²) in [5.41, 5.74) is 0. The number of thioether (sulfide) groups is 1. The van der Waals surface area contributed by atoms with E-state index in [2.05, 4.69) is 19.6 Å². The largest absolute Gasteiger partial charge is 0.396 e. The molecule has 0 aromatic carbocycles. The number of hydrogen-bond donors (Lipinski definition) is 3. The minimum atomic E-state index is 0.0381. The monoisotopic (exact) mass is 210 g/mol. The summed E-state index contributed by atoms with van der Waals surface area (Å²) in [5.74, 6) is 0. The highest BCUT2D eigenvalue weighted by Gasteiger charge is 2.15. The van der Waals surface area contributed by atoms with Gasteiger partial charge in [-0.05, 0) is 6.42 Å². The predicted molar refractivity (Wildman–Crippen MR) is 58.1 cm³/mol. The Kier molecular flexibility index (Phi) is 7.43. The molecule has 0 aliphatic heterocycles. The lowest BCUT2D eigenvalue weighted by atomic mass is 10.3. The molecule has 3 atom stereocenters. The average molecular weight is 210 g/mol. The van der Waals surface area contributed by atoms with Crippen LogP contribution in [0.1, 0.15) is 20.3 Å². The summed E-state index contributed by atoms with van der Waals surface area (Å²) in [5, 5.41) is 18.3. The zero-order valence-electron chi connectivity index (χ0n) is 7.60. The third-order valence-electron chi connectivity index (χ3n) is 1.71. The van der Waals surface area contributed by atoms with E-state index < -0.39 is 0 Å². The van der Waals surface area contributed by atoms with Crippen LogP contribution < -0.4 is 0 Å². The molecule has 0 saturated carbocycles. The fraction of sp³-hybridized carbons (Fsp3) is 1.00. The van der Waals surface area contributed by atoms with Crippen LogP contribution in [0, 0.1) is 0 Å². The summed E-state index contributed by atoms with van der Waals surface area (Å²) in [6, 6.07) is 0. The molecule has 0 aliphatic rings. The molecule has 0 radical (unpaired) electrons. The van der Waals surface area contributed by atoms with Crippen LogP contribution in [0.25, 0.3) is 0 Å². The van der Waals surface area contributed by atoms with Gasteiger partial charge in [-0.2, -0.15) is 24.4 Å². The summed E-state index contributed by atoms with van der Waals surface area (Å²) in [6.07, 6.45) is 0.806. The highest BCUT2D eigenvalue weighted by Crippen LogP contribution is 2.24. The topological polar surface area (TPSA) is 40.5 Å². The van der Waals surface area contributed by atoms with Crippen molar-refractivity contribution in [2.24, 2.45) is 0 Å². The first-order valence-electron chi connectivity index (χ1n) is 4.17. The van der Waals surface area contributed by atoms with Gasteiger partial charge < -0.3 is 10.2 Å². The van der Waals surface area contributed by atoms with Gasteiger partial charge in [-0.15, -0.1) is 0 Å². The highest BCUT2D eigenvalue weighted by atomic mass is 32.2. The maximum Gasteiger partial charge on any atom is 0.0558 e. The second-order valence-corrected chi connectivity index (χ2v) is 5.40. The molecule has 0 aromatic rings. The van der Waals surface area contributed by atoms with Gasteiger partial charge in [-0.25, -0.2) is 0 Å². The van der Waals surface area contributed by atoms with Crippen molar-refractivity contribution in [2.75, 3.05) is 13.2 Å². The quantitative estimate of drug-likeness (QED) is 0.576. The Balaban J connectivity index is 3.59. The van der Waals surface area contributed by atoms with Gasteiger partial charge in [-0.1, -0.05) is 13.8 Å². The maximum atomic E-state index is 8.81. The summed E-state index contributed by atoms with van der Waals surface area (Å²) < 4.78 is 0. The van der Waals surface area contributed by atoms with Crippen molar-refractivity contribution in [3.05, 3.63) is 0 Å². The van der Waals surface area contributed by atoms with Crippen LogP contribution in [0.15, 0.2) is 0 Å². The zero-order valence-corrected chi connectivity index (χ0v) is 9.31. The first-order valence-corrected chi connectivity index (χ1v) is 5.63. The fourth-order valence-electron chi connectivity index (χ4n) is 0.855. The van der Waals surface area contributed by atoms with E-state index in [4.69, 9.17) is 10.2 Å². The third kappa shape index (κ3) is 5.30. The van der Waals surface area contributed by atoms with Gasteiger partial charge in [0.05, 0.1) is 6.61 Å². The molecule has 0 heterocycles. The van der Waals surface area contributed by atoms with Gasteiger partial charge in [-0.3, -0.25) is 0 Å². The van der Waals surface area contributed by atoms with Gasteiger partial charge in [0.1, 0.15) is 0 Å². The van der Waals surface area contributed by atoms with Crippen molar-refractivity contribution < 1.29 is 10.2 Å². The molecule has 0 rings (SSSR count). The number of aliphatic hydroxyl groups is 2. The Bertz CT molecular complexity index is 111. The van der Waals surface area contributed by atoms with Gasteiger partial charge in [0.25, 0.3) is 0 Å². The first kappa shape index (κ1) is 12.6. The van der Waals surface area contributed by atoms with Crippen molar-refractivity contribution in [1.29, 1.82) is 0 Å². The Hall–Kier alpha value is 0.620. The summed E-state index contributed by atoms with van der Waals surface area (Å²) >= 11 is 5.99. The Morgan fingerprint density at radius 2 is 1.92 bits per heavy atom. The normalized spacial score (nSPS) is 18.8. The van der Waals surface area contributed by atoms with Crippen LogP contribution in [0.4, 0.5) is 0 Å².